The Balaban J connectivity index is 2.03. The van der Waals surface area contributed by atoms with Crippen LogP contribution in [0.25, 0.3) is 0 Å². The molecule has 4 heteroatoms. The van der Waals surface area contributed by atoms with E-state index in [0.29, 0.717) is 6.42 Å². The molecule has 1 heterocycles. The quantitative estimate of drug-likeness (QED) is 0.867. The van der Waals surface area contributed by atoms with Crippen LogP contribution >= 0.6 is 0 Å². The summed E-state index contributed by atoms with van der Waals surface area (Å²) in [5.41, 5.74) is 2.02. The standard InChI is InChI=1S/C17H20N4/c1-13(2)21-16(19-12-20-21)10-17(11-18)9-5-7-14-6-3-4-8-15(14)17/h3-4,6,8,12-13H,5,7,9-10H2,1-2H3. The molecule has 1 aromatic heterocycles. The van der Waals surface area contributed by atoms with Gasteiger partial charge in [0, 0.05) is 12.5 Å². The lowest BCUT2D eigenvalue weighted by Crippen LogP contribution is -2.33. The molecular weight excluding hydrogens is 260 g/mol. The number of nitrogens with zero attached hydrogens (tertiary/aromatic N) is 4. The van der Waals surface area contributed by atoms with Crippen molar-refractivity contribution in [3.05, 3.63) is 47.5 Å². The van der Waals surface area contributed by atoms with Gasteiger partial charge in [-0.3, -0.25) is 0 Å². The van der Waals surface area contributed by atoms with Gasteiger partial charge in [-0.15, -0.1) is 0 Å². The summed E-state index contributed by atoms with van der Waals surface area (Å²) in [5.74, 6) is 0.906. The van der Waals surface area contributed by atoms with E-state index in [1.165, 1.54) is 11.1 Å². The molecule has 2 aromatic rings. The summed E-state index contributed by atoms with van der Waals surface area (Å²) in [6.45, 7) is 4.18. The highest BCUT2D eigenvalue weighted by Crippen LogP contribution is 2.39. The molecule has 0 saturated carbocycles. The maximum absolute atomic E-state index is 9.91. The van der Waals surface area contributed by atoms with Crippen molar-refractivity contribution in [2.75, 3.05) is 0 Å². The van der Waals surface area contributed by atoms with Crippen LogP contribution in [0.15, 0.2) is 30.6 Å². The van der Waals surface area contributed by atoms with Crippen LogP contribution < -0.4 is 0 Å². The summed E-state index contributed by atoms with van der Waals surface area (Å²) in [6.07, 6.45) is 5.25. The van der Waals surface area contributed by atoms with Crippen molar-refractivity contribution in [3.63, 3.8) is 0 Å². The van der Waals surface area contributed by atoms with Gasteiger partial charge >= 0.3 is 0 Å². The average molecular weight is 280 g/mol. The summed E-state index contributed by atoms with van der Waals surface area (Å²) in [5, 5.41) is 14.2. The number of aryl methyl sites for hydroxylation is 1. The summed E-state index contributed by atoms with van der Waals surface area (Å²) >= 11 is 0. The van der Waals surface area contributed by atoms with Gasteiger partial charge in [-0.2, -0.15) is 10.4 Å². The first-order valence-corrected chi connectivity index (χ1v) is 7.54. The second kappa shape index (κ2) is 5.33. The molecule has 3 rings (SSSR count). The van der Waals surface area contributed by atoms with Gasteiger partial charge < -0.3 is 0 Å². The average Bonchev–Trinajstić information content (AvgIpc) is 2.96. The molecule has 0 radical (unpaired) electrons. The van der Waals surface area contributed by atoms with Crippen LogP contribution in [-0.2, 0) is 18.3 Å². The van der Waals surface area contributed by atoms with Gasteiger partial charge in [0.05, 0.1) is 11.5 Å². The van der Waals surface area contributed by atoms with Gasteiger partial charge in [0.25, 0.3) is 0 Å². The van der Waals surface area contributed by atoms with Crippen molar-refractivity contribution in [3.8, 4) is 6.07 Å². The third-order valence-electron chi connectivity index (χ3n) is 4.39. The van der Waals surface area contributed by atoms with E-state index in [-0.39, 0.29) is 6.04 Å². The van der Waals surface area contributed by atoms with Gasteiger partial charge in [0.1, 0.15) is 12.2 Å². The number of aromatic nitrogens is 3. The lowest BCUT2D eigenvalue weighted by molar-refractivity contribution is 0.415. The molecule has 1 aliphatic carbocycles. The fourth-order valence-corrected chi connectivity index (χ4v) is 3.36. The minimum atomic E-state index is -0.464. The predicted octanol–water partition coefficient (Wildman–Crippen LogP) is 3.20. The van der Waals surface area contributed by atoms with Crippen LogP contribution in [0, 0.1) is 11.3 Å². The van der Waals surface area contributed by atoms with Crippen LogP contribution in [-0.4, -0.2) is 14.8 Å². The normalized spacial score (nSPS) is 21.0. The van der Waals surface area contributed by atoms with Gasteiger partial charge in [0.15, 0.2) is 0 Å². The predicted molar refractivity (Wildman–Crippen MR) is 80.8 cm³/mol. The van der Waals surface area contributed by atoms with Crippen molar-refractivity contribution in [2.24, 2.45) is 0 Å². The smallest absolute Gasteiger partial charge is 0.138 e. The van der Waals surface area contributed by atoms with Crippen molar-refractivity contribution >= 4 is 0 Å². The molecule has 0 N–H and O–H groups in total. The van der Waals surface area contributed by atoms with Gasteiger partial charge in [-0.05, 0) is 44.2 Å². The fraction of sp³-hybridized carbons (Fsp3) is 0.471. The molecule has 0 spiro atoms. The number of fused-ring (bicyclic) bond motifs is 1. The first kappa shape index (κ1) is 13.8. The van der Waals surface area contributed by atoms with E-state index < -0.39 is 5.41 Å². The second-order valence-corrected chi connectivity index (χ2v) is 6.10. The first-order valence-electron chi connectivity index (χ1n) is 7.54. The van der Waals surface area contributed by atoms with Crippen LogP contribution in [0.4, 0.5) is 0 Å². The van der Waals surface area contributed by atoms with Crippen molar-refractivity contribution < 1.29 is 0 Å². The lowest BCUT2D eigenvalue weighted by Gasteiger charge is -2.33. The maximum Gasteiger partial charge on any atom is 0.138 e. The lowest BCUT2D eigenvalue weighted by atomic mass is 9.69. The Morgan fingerprint density at radius 1 is 1.38 bits per heavy atom. The Bertz CT molecular complexity index is 680. The SMILES string of the molecule is CC(C)n1ncnc1CC1(C#N)CCCc2ccccc21. The van der Waals surface area contributed by atoms with E-state index in [9.17, 15) is 5.26 Å². The van der Waals surface area contributed by atoms with Gasteiger partial charge in [-0.1, -0.05) is 24.3 Å². The summed E-state index contributed by atoms with van der Waals surface area (Å²) < 4.78 is 1.93. The third-order valence-corrected chi connectivity index (χ3v) is 4.39. The minimum absolute atomic E-state index is 0.261. The van der Waals surface area contributed by atoms with Crippen LogP contribution in [0.5, 0.6) is 0 Å². The minimum Gasteiger partial charge on any atom is -0.248 e. The topological polar surface area (TPSA) is 54.5 Å². The molecule has 108 valence electrons. The summed E-state index contributed by atoms with van der Waals surface area (Å²) in [4.78, 5) is 4.40. The molecule has 1 aromatic carbocycles. The highest BCUT2D eigenvalue weighted by atomic mass is 15.3. The van der Waals surface area contributed by atoms with Crippen LogP contribution in [0.3, 0.4) is 0 Å². The monoisotopic (exact) mass is 280 g/mol. The summed E-state index contributed by atoms with van der Waals surface area (Å²) in [6, 6.07) is 11.2. The Morgan fingerprint density at radius 2 is 2.19 bits per heavy atom. The molecule has 0 saturated heterocycles. The Hall–Kier alpha value is -2.15. The Morgan fingerprint density at radius 3 is 2.95 bits per heavy atom. The van der Waals surface area contributed by atoms with E-state index in [0.717, 1.165) is 25.1 Å². The second-order valence-electron chi connectivity index (χ2n) is 6.10. The van der Waals surface area contributed by atoms with Crippen molar-refractivity contribution in [1.29, 1.82) is 5.26 Å². The highest BCUT2D eigenvalue weighted by Gasteiger charge is 2.38. The molecule has 4 nitrogen and oxygen atoms in total. The molecular formula is C17H20N4. The number of nitriles is 1. The van der Waals surface area contributed by atoms with E-state index >= 15 is 0 Å². The molecule has 21 heavy (non-hydrogen) atoms. The molecule has 1 unspecified atom stereocenters. The molecule has 0 aliphatic heterocycles. The maximum atomic E-state index is 9.91. The molecule has 0 fully saturated rings. The Labute approximate surface area is 125 Å². The Kier molecular flexibility index (Phi) is 3.50. The molecule has 1 aliphatic rings. The van der Waals surface area contributed by atoms with Crippen LogP contribution in [0.2, 0.25) is 0 Å². The van der Waals surface area contributed by atoms with Crippen LogP contribution in [0.1, 0.15) is 49.7 Å². The number of benzene rings is 1. The molecule has 1 atom stereocenters. The fourth-order valence-electron chi connectivity index (χ4n) is 3.36. The van der Waals surface area contributed by atoms with Crippen molar-refractivity contribution in [2.45, 2.75) is 51.0 Å². The zero-order valence-corrected chi connectivity index (χ0v) is 12.6. The zero-order valence-electron chi connectivity index (χ0n) is 12.6. The number of hydrogen-bond donors (Lipinski definition) is 0. The van der Waals surface area contributed by atoms with E-state index in [1.54, 1.807) is 6.33 Å². The first-order chi connectivity index (χ1) is 10.2. The third kappa shape index (κ3) is 2.33. The van der Waals surface area contributed by atoms with Crippen molar-refractivity contribution in [1.82, 2.24) is 14.8 Å². The van der Waals surface area contributed by atoms with E-state index in [2.05, 4.69) is 48.2 Å². The number of hydrogen-bond acceptors (Lipinski definition) is 3. The highest BCUT2D eigenvalue weighted by molar-refractivity contribution is 5.42. The zero-order chi connectivity index (χ0) is 14.9. The van der Waals surface area contributed by atoms with E-state index in [1.807, 2.05) is 10.7 Å². The molecule has 0 bridgehead atoms. The number of rotatable bonds is 3. The van der Waals surface area contributed by atoms with E-state index in [4.69, 9.17) is 0 Å². The van der Waals surface area contributed by atoms with Gasteiger partial charge in [-0.25, -0.2) is 9.67 Å². The largest absolute Gasteiger partial charge is 0.248 e. The summed E-state index contributed by atoms with van der Waals surface area (Å²) in [7, 11) is 0. The van der Waals surface area contributed by atoms with Gasteiger partial charge in [0.2, 0.25) is 0 Å². The molecule has 0 amide bonds.